The van der Waals surface area contributed by atoms with Gasteiger partial charge in [0.1, 0.15) is 0 Å². The second-order valence-corrected chi connectivity index (χ2v) is 9.43. The lowest BCUT2D eigenvalue weighted by molar-refractivity contribution is -0.133. The maximum Gasteiger partial charge on any atom is 0.261 e. The van der Waals surface area contributed by atoms with Gasteiger partial charge in [-0.15, -0.1) is 0 Å². The largest absolute Gasteiger partial charge is 0.339 e. The van der Waals surface area contributed by atoms with Crippen molar-refractivity contribution in [1.82, 2.24) is 9.80 Å². The number of hydrogen-bond acceptors (Lipinski definition) is 5. The van der Waals surface area contributed by atoms with E-state index in [-0.39, 0.29) is 48.2 Å². The molecule has 1 aromatic rings. The van der Waals surface area contributed by atoms with Crippen LogP contribution in [0.15, 0.2) is 18.2 Å². The van der Waals surface area contributed by atoms with Crippen LogP contribution in [0.3, 0.4) is 0 Å². The van der Waals surface area contributed by atoms with Gasteiger partial charge in [0.2, 0.25) is 5.91 Å². The van der Waals surface area contributed by atoms with Crippen LogP contribution >= 0.6 is 0 Å². The van der Waals surface area contributed by atoms with Crippen molar-refractivity contribution in [3.8, 4) is 0 Å². The summed E-state index contributed by atoms with van der Waals surface area (Å²) >= 11 is 0. The minimum absolute atomic E-state index is 0.000990. The Morgan fingerprint density at radius 1 is 1.22 bits per heavy atom. The van der Waals surface area contributed by atoms with E-state index in [0.717, 1.165) is 10.5 Å². The minimum Gasteiger partial charge on any atom is -0.339 e. The van der Waals surface area contributed by atoms with Crippen LogP contribution in [-0.2, 0) is 14.6 Å². The van der Waals surface area contributed by atoms with Crippen molar-refractivity contribution in [2.45, 2.75) is 39.2 Å². The van der Waals surface area contributed by atoms with E-state index in [1.54, 1.807) is 23.1 Å². The summed E-state index contributed by atoms with van der Waals surface area (Å²) in [6.45, 7) is 4.25. The average molecular weight is 392 g/mol. The predicted molar refractivity (Wildman–Crippen MR) is 100 cm³/mol. The van der Waals surface area contributed by atoms with Crippen molar-refractivity contribution in [3.63, 3.8) is 0 Å². The third-order valence-electron chi connectivity index (χ3n) is 5.11. The molecule has 7 nitrogen and oxygen atoms in total. The minimum atomic E-state index is -3.09. The number of aryl methyl sites for hydroxylation is 1. The maximum absolute atomic E-state index is 12.7. The molecule has 0 saturated carbocycles. The molecule has 2 heterocycles. The smallest absolute Gasteiger partial charge is 0.261 e. The lowest BCUT2D eigenvalue weighted by atomic mass is 10.1. The topological polar surface area (TPSA) is 91.8 Å². The first-order chi connectivity index (χ1) is 12.7. The van der Waals surface area contributed by atoms with E-state index in [2.05, 4.69) is 0 Å². The van der Waals surface area contributed by atoms with Crippen LogP contribution in [0.1, 0.15) is 52.5 Å². The molecule has 2 aliphatic heterocycles. The van der Waals surface area contributed by atoms with Gasteiger partial charge in [0.15, 0.2) is 9.84 Å². The van der Waals surface area contributed by atoms with Crippen molar-refractivity contribution >= 4 is 27.6 Å². The van der Waals surface area contributed by atoms with Gasteiger partial charge in [0, 0.05) is 25.6 Å². The standard InChI is InChI=1S/C19H24N2O5S/c1-3-8-20(14-7-10-27(25,26)12-14)17(22)6-9-21-18(23)15-5-4-13(2)11-16(15)19(21)24/h4-5,11,14H,3,6-10,12H2,1-2H3. The molecule has 146 valence electrons. The summed E-state index contributed by atoms with van der Waals surface area (Å²) in [5, 5.41) is 0. The van der Waals surface area contributed by atoms with E-state index in [9.17, 15) is 22.8 Å². The fourth-order valence-corrected chi connectivity index (χ4v) is 5.46. The Hall–Kier alpha value is -2.22. The van der Waals surface area contributed by atoms with E-state index in [0.29, 0.717) is 30.5 Å². The van der Waals surface area contributed by atoms with Gasteiger partial charge in [-0.2, -0.15) is 0 Å². The number of carbonyl (C=O) groups excluding carboxylic acids is 3. The zero-order valence-electron chi connectivity index (χ0n) is 15.6. The molecule has 1 saturated heterocycles. The average Bonchev–Trinajstić information content (AvgIpc) is 3.08. The monoisotopic (exact) mass is 392 g/mol. The van der Waals surface area contributed by atoms with Gasteiger partial charge < -0.3 is 4.90 Å². The van der Waals surface area contributed by atoms with Crippen molar-refractivity contribution in [2.24, 2.45) is 0 Å². The Morgan fingerprint density at radius 2 is 1.93 bits per heavy atom. The highest BCUT2D eigenvalue weighted by atomic mass is 32.2. The molecule has 1 atom stereocenters. The van der Waals surface area contributed by atoms with Gasteiger partial charge in [0.05, 0.1) is 22.6 Å². The first-order valence-electron chi connectivity index (χ1n) is 9.20. The van der Waals surface area contributed by atoms with Crippen LogP contribution in [0, 0.1) is 6.92 Å². The molecule has 27 heavy (non-hydrogen) atoms. The van der Waals surface area contributed by atoms with Crippen molar-refractivity contribution in [2.75, 3.05) is 24.6 Å². The van der Waals surface area contributed by atoms with Crippen LogP contribution in [0.5, 0.6) is 0 Å². The summed E-state index contributed by atoms with van der Waals surface area (Å²) in [6.07, 6.45) is 1.16. The number of amides is 3. The maximum atomic E-state index is 12.7. The molecule has 1 aromatic carbocycles. The Labute approximate surface area is 159 Å². The van der Waals surface area contributed by atoms with Gasteiger partial charge >= 0.3 is 0 Å². The molecule has 3 amide bonds. The summed E-state index contributed by atoms with van der Waals surface area (Å²) in [5.41, 5.74) is 1.63. The van der Waals surface area contributed by atoms with Crippen molar-refractivity contribution in [1.29, 1.82) is 0 Å². The van der Waals surface area contributed by atoms with Gasteiger partial charge in [-0.25, -0.2) is 8.42 Å². The third-order valence-corrected chi connectivity index (χ3v) is 6.86. The highest BCUT2D eigenvalue weighted by molar-refractivity contribution is 7.91. The van der Waals surface area contributed by atoms with Crippen LogP contribution in [-0.4, -0.2) is 66.6 Å². The second kappa shape index (κ2) is 7.42. The lowest BCUT2D eigenvalue weighted by Crippen LogP contribution is -2.43. The molecule has 1 unspecified atom stereocenters. The van der Waals surface area contributed by atoms with Crippen LogP contribution in [0.4, 0.5) is 0 Å². The van der Waals surface area contributed by atoms with Gasteiger partial charge in [-0.3, -0.25) is 19.3 Å². The number of nitrogens with zero attached hydrogens (tertiary/aromatic N) is 2. The van der Waals surface area contributed by atoms with E-state index < -0.39 is 9.84 Å². The fourth-order valence-electron chi connectivity index (χ4n) is 3.73. The molecular weight excluding hydrogens is 368 g/mol. The molecule has 0 spiro atoms. The zero-order chi connectivity index (χ0) is 19.8. The normalized spacial score (nSPS) is 20.8. The third kappa shape index (κ3) is 3.90. The number of carbonyl (C=O) groups is 3. The lowest BCUT2D eigenvalue weighted by Gasteiger charge is -2.28. The Balaban J connectivity index is 1.67. The molecule has 0 radical (unpaired) electrons. The molecule has 0 aliphatic carbocycles. The number of benzene rings is 1. The predicted octanol–water partition coefficient (Wildman–Crippen LogP) is 1.41. The summed E-state index contributed by atoms with van der Waals surface area (Å²) < 4.78 is 23.5. The summed E-state index contributed by atoms with van der Waals surface area (Å²) in [4.78, 5) is 40.4. The van der Waals surface area contributed by atoms with E-state index in [1.165, 1.54) is 0 Å². The number of hydrogen-bond donors (Lipinski definition) is 0. The van der Waals surface area contributed by atoms with Crippen LogP contribution < -0.4 is 0 Å². The fraction of sp³-hybridized carbons (Fsp3) is 0.526. The molecule has 8 heteroatoms. The quantitative estimate of drug-likeness (QED) is 0.683. The number of sulfone groups is 1. The Morgan fingerprint density at radius 3 is 2.56 bits per heavy atom. The summed E-state index contributed by atoms with van der Waals surface area (Å²) in [7, 11) is -3.09. The molecule has 1 fully saturated rings. The number of fused-ring (bicyclic) bond motifs is 1. The first kappa shape index (κ1) is 19.5. The molecule has 0 aromatic heterocycles. The highest BCUT2D eigenvalue weighted by Gasteiger charge is 2.37. The summed E-state index contributed by atoms with van der Waals surface area (Å²) in [5.74, 6) is -0.884. The Bertz CT molecular complexity index is 893. The van der Waals surface area contributed by atoms with E-state index in [4.69, 9.17) is 0 Å². The van der Waals surface area contributed by atoms with Crippen LogP contribution in [0.25, 0.3) is 0 Å². The van der Waals surface area contributed by atoms with Crippen molar-refractivity contribution < 1.29 is 22.8 Å². The highest BCUT2D eigenvalue weighted by Crippen LogP contribution is 2.25. The van der Waals surface area contributed by atoms with E-state index >= 15 is 0 Å². The summed E-state index contributed by atoms with van der Waals surface area (Å²) in [6, 6.07) is 4.79. The van der Waals surface area contributed by atoms with Gasteiger partial charge in [0.25, 0.3) is 11.8 Å². The zero-order valence-corrected chi connectivity index (χ0v) is 16.4. The number of rotatable bonds is 6. The SMILES string of the molecule is CCCN(C(=O)CCN1C(=O)c2ccc(C)cc2C1=O)C1CCS(=O)(=O)C1. The van der Waals surface area contributed by atoms with Gasteiger partial charge in [-0.1, -0.05) is 18.6 Å². The van der Waals surface area contributed by atoms with Gasteiger partial charge in [-0.05, 0) is 31.9 Å². The second-order valence-electron chi connectivity index (χ2n) is 7.20. The molecule has 0 N–H and O–H groups in total. The number of imide groups is 1. The first-order valence-corrected chi connectivity index (χ1v) is 11.0. The Kier molecular flexibility index (Phi) is 5.37. The van der Waals surface area contributed by atoms with E-state index in [1.807, 2.05) is 13.8 Å². The van der Waals surface area contributed by atoms with Crippen molar-refractivity contribution in [3.05, 3.63) is 34.9 Å². The molecule has 2 aliphatic rings. The molecule has 3 rings (SSSR count). The molecular formula is C19H24N2O5S. The molecule has 0 bridgehead atoms. The van der Waals surface area contributed by atoms with Crippen LogP contribution in [0.2, 0.25) is 0 Å².